The van der Waals surface area contributed by atoms with Gasteiger partial charge in [-0.1, -0.05) is 19.9 Å². The van der Waals surface area contributed by atoms with Crippen LogP contribution in [0, 0.1) is 5.82 Å². The Hall–Kier alpha value is -1.42. The van der Waals surface area contributed by atoms with E-state index in [0.29, 0.717) is 6.54 Å². The highest BCUT2D eigenvalue weighted by atomic mass is 19.1. The average Bonchev–Trinajstić information content (AvgIpc) is 2.27. The molecule has 16 heavy (non-hydrogen) atoms. The molecule has 0 bridgehead atoms. The van der Waals surface area contributed by atoms with E-state index in [0.717, 1.165) is 18.7 Å². The second kappa shape index (κ2) is 5.61. The van der Waals surface area contributed by atoms with Gasteiger partial charge in [-0.15, -0.1) is 0 Å². The summed E-state index contributed by atoms with van der Waals surface area (Å²) in [6.45, 7) is 6.48. The fourth-order valence-corrected chi connectivity index (χ4v) is 1.54. The molecule has 0 fully saturated rings. The monoisotopic (exact) mass is 225 g/mol. The highest BCUT2D eigenvalue weighted by Crippen LogP contribution is 2.12. The van der Waals surface area contributed by atoms with Crippen molar-refractivity contribution in [2.24, 2.45) is 0 Å². The quantitative estimate of drug-likeness (QED) is 0.836. The lowest BCUT2D eigenvalue weighted by atomic mass is 10.1. The molecule has 0 radical (unpaired) electrons. The molecule has 1 aromatic rings. The van der Waals surface area contributed by atoms with Crippen molar-refractivity contribution in [3.05, 3.63) is 35.1 Å². The summed E-state index contributed by atoms with van der Waals surface area (Å²) in [4.78, 5) is 12.9. The molecule has 0 unspecified atom stereocenters. The summed E-state index contributed by atoms with van der Waals surface area (Å²) < 4.78 is 13.1. The second-order valence-electron chi connectivity index (χ2n) is 3.58. The van der Waals surface area contributed by atoms with E-state index >= 15 is 0 Å². The zero-order chi connectivity index (χ0) is 12.1. The number of carboxylic acid groups (broad SMARTS) is 1. The number of hydrogen-bond donors (Lipinski definition) is 1. The van der Waals surface area contributed by atoms with Crippen LogP contribution in [-0.2, 0) is 6.54 Å². The maximum atomic E-state index is 13.1. The Morgan fingerprint density at radius 1 is 1.38 bits per heavy atom. The van der Waals surface area contributed by atoms with Gasteiger partial charge in [0.05, 0.1) is 5.56 Å². The second-order valence-corrected chi connectivity index (χ2v) is 3.58. The van der Waals surface area contributed by atoms with Crippen LogP contribution >= 0.6 is 0 Å². The molecule has 4 heteroatoms. The first kappa shape index (κ1) is 12.6. The van der Waals surface area contributed by atoms with Crippen molar-refractivity contribution in [3.63, 3.8) is 0 Å². The molecular formula is C12H16FNO2. The summed E-state index contributed by atoms with van der Waals surface area (Å²) in [7, 11) is 0. The van der Waals surface area contributed by atoms with Gasteiger partial charge in [-0.25, -0.2) is 9.18 Å². The first-order chi connectivity index (χ1) is 7.58. The van der Waals surface area contributed by atoms with Crippen molar-refractivity contribution in [1.29, 1.82) is 0 Å². The van der Waals surface area contributed by atoms with E-state index in [9.17, 15) is 9.18 Å². The molecule has 1 rings (SSSR count). The lowest BCUT2D eigenvalue weighted by Crippen LogP contribution is -2.22. The predicted molar refractivity (Wildman–Crippen MR) is 60.0 cm³/mol. The third-order valence-electron chi connectivity index (χ3n) is 2.56. The van der Waals surface area contributed by atoms with E-state index in [2.05, 4.69) is 4.90 Å². The minimum atomic E-state index is -1.22. The summed E-state index contributed by atoms with van der Waals surface area (Å²) in [6.07, 6.45) is 0. The molecule has 1 N–H and O–H groups in total. The minimum absolute atomic E-state index is 0.260. The number of aromatic carboxylic acids is 1. The molecule has 0 heterocycles. The zero-order valence-electron chi connectivity index (χ0n) is 9.53. The fraction of sp³-hybridized carbons (Fsp3) is 0.417. The van der Waals surface area contributed by atoms with Crippen LogP contribution in [-0.4, -0.2) is 29.1 Å². The van der Waals surface area contributed by atoms with E-state index in [1.165, 1.54) is 12.1 Å². The Kier molecular flexibility index (Phi) is 4.43. The molecule has 0 saturated carbocycles. The van der Waals surface area contributed by atoms with Gasteiger partial charge >= 0.3 is 5.97 Å². The number of carboxylic acids is 1. The van der Waals surface area contributed by atoms with Crippen molar-refractivity contribution in [2.75, 3.05) is 13.1 Å². The van der Waals surface area contributed by atoms with Gasteiger partial charge in [0.2, 0.25) is 0 Å². The van der Waals surface area contributed by atoms with E-state index in [1.807, 2.05) is 13.8 Å². The van der Waals surface area contributed by atoms with Crippen LogP contribution in [0.2, 0.25) is 0 Å². The SMILES string of the molecule is CCN(CC)Cc1ccc(F)c(C(=O)O)c1. The number of rotatable bonds is 5. The third kappa shape index (κ3) is 3.03. The van der Waals surface area contributed by atoms with Crippen LogP contribution in [0.15, 0.2) is 18.2 Å². The Morgan fingerprint density at radius 2 is 2.00 bits per heavy atom. The highest BCUT2D eigenvalue weighted by molar-refractivity contribution is 5.88. The molecule has 0 amide bonds. The molecule has 0 spiro atoms. The molecule has 0 aliphatic heterocycles. The number of nitrogens with zero attached hydrogens (tertiary/aromatic N) is 1. The van der Waals surface area contributed by atoms with Gasteiger partial charge in [-0.2, -0.15) is 0 Å². The van der Waals surface area contributed by atoms with Crippen molar-refractivity contribution in [1.82, 2.24) is 4.90 Å². The van der Waals surface area contributed by atoms with E-state index in [1.54, 1.807) is 6.07 Å². The van der Waals surface area contributed by atoms with Crippen molar-refractivity contribution in [3.8, 4) is 0 Å². The first-order valence-corrected chi connectivity index (χ1v) is 5.32. The number of hydrogen-bond acceptors (Lipinski definition) is 2. The van der Waals surface area contributed by atoms with E-state index < -0.39 is 11.8 Å². The summed E-state index contributed by atoms with van der Waals surface area (Å²) >= 11 is 0. The summed E-state index contributed by atoms with van der Waals surface area (Å²) in [5.74, 6) is -1.91. The average molecular weight is 225 g/mol. The van der Waals surface area contributed by atoms with Crippen molar-refractivity contribution >= 4 is 5.97 Å². The van der Waals surface area contributed by atoms with E-state index in [4.69, 9.17) is 5.11 Å². The van der Waals surface area contributed by atoms with Gasteiger partial charge in [0.15, 0.2) is 0 Å². The Bertz CT molecular complexity index is 375. The third-order valence-corrected chi connectivity index (χ3v) is 2.56. The number of halogens is 1. The molecule has 0 aromatic heterocycles. The highest BCUT2D eigenvalue weighted by Gasteiger charge is 2.11. The van der Waals surface area contributed by atoms with Crippen LogP contribution in [0.25, 0.3) is 0 Å². The first-order valence-electron chi connectivity index (χ1n) is 5.32. The molecule has 0 saturated heterocycles. The molecular weight excluding hydrogens is 209 g/mol. The largest absolute Gasteiger partial charge is 0.478 e. The normalized spacial score (nSPS) is 10.8. The van der Waals surface area contributed by atoms with Crippen LogP contribution in [0.4, 0.5) is 4.39 Å². The standard InChI is InChI=1S/C12H16FNO2/c1-3-14(4-2)8-9-5-6-11(13)10(7-9)12(15)16/h5-7H,3-4,8H2,1-2H3,(H,15,16). The predicted octanol–water partition coefficient (Wildman–Crippen LogP) is 2.37. The van der Waals surface area contributed by atoms with Gasteiger partial charge < -0.3 is 5.11 Å². The fourth-order valence-electron chi connectivity index (χ4n) is 1.54. The maximum absolute atomic E-state index is 13.1. The molecule has 3 nitrogen and oxygen atoms in total. The van der Waals surface area contributed by atoms with E-state index in [-0.39, 0.29) is 5.56 Å². The van der Waals surface area contributed by atoms with Gasteiger partial charge in [0, 0.05) is 6.54 Å². The van der Waals surface area contributed by atoms with Gasteiger partial charge in [0.1, 0.15) is 5.82 Å². The molecule has 0 atom stereocenters. The smallest absolute Gasteiger partial charge is 0.338 e. The van der Waals surface area contributed by atoms with Crippen molar-refractivity contribution in [2.45, 2.75) is 20.4 Å². The Morgan fingerprint density at radius 3 is 2.50 bits per heavy atom. The number of carbonyl (C=O) groups is 1. The summed E-state index contributed by atoms with van der Waals surface area (Å²) in [6, 6.07) is 4.23. The summed E-state index contributed by atoms with van der Waals surface area (Å²) in [5.41, 5.74) is 0.562. The molecule has 1 aromatic carbocycles. The topological polar surface area (TPSA) is 40.5 Å². The van der Waals surface area contributed by atoms with Gasteiger partial charge in [0.25, 0.3) is 0 Å². The minimum Gasteiger partial charge on any atom is -0.478 e. The Balaban J connectivity index is 2.90. The Labute approximate surface area is 94.5 Å². The van der Waals surface area contributed by atoms with Crippen molar-refractivity contribution < 1.29 is 14.3 Å². The lowest BCUT2D eigenvalue weighted by Gasteiger charge is -2.18. The van der Waals surface area contributed by atoms with Gasteiger partial charge in [-0.05, 0) is 30.8 Å². The zero-order valence-corrected chi connectivity index (χ0v) is 9.53. The molecule has 0 aliphatic carbocycles. The van der Waals surface area contributed by atoms with Gasteiger partial charge in [-0.3, -0.25) is 4.90 Å². The maximum Gasteiger partial charge on any atom is 0.338 e. The van der Waals surface area contributed by atoms with Crippen LogP contribution < -0.4 is 0 Å². The lowest BCUT2D eigenvalue weighted by molar-refractivity contribution is 0.0691. The molecule has 0 aliphatic rings. The van der Waals surface area contributed by atoms with Crippen LogP contribution in [0.3, 0.4) is 0 Å². The van der Waals surface area contributed by atoms with Crippen LogP contribution in [0.1, 0.15) is 29.8 Å². The summed E-state index contributed by atoms with van der Waals surface area (Å²) in [5, 5.41) is 8.79. The molecule has 88 valence electrons. The van der Waals surface area contributed by atoms with Crippen LogP contribution in [0.5, 0.6) is 0 Å². The number of benzene rings is 1.